The van der Waals surface area contributed by atoms with E-state index in [0.717, 1.165) is 0 Å². The van der Waals surface area contributed by atoms with Crippen LogP contribution in [0.5, 0.6) is 0 Å². The predicted molar refractivity (Wildman–Crippen MR) is 153 cm³/mol. The molecule has 1 heterocycles. The fourth-order valence-electron chi connectivity index (χ4n) is 3.27. The second-order valence-electron chi connectivity index (χ2n) is 7.59. The maximum Gasteiger partial charge on any atom is 0.257 e. The van der Waals surface area contributed by atoms with Crippen LogP contribution in [0.25, 0.3) is 17.4 Å². The molecule has 2 amide bonds. The summed E-state index contributed by atoms with van der Waals surface area (Å²) in [6.45, 7) is 0. The molecule has 3 N–H and O–H groups in total. The van der Waals surface area contributed by atoms with Crippen molar-refractivity contribution in [1.82, 2.24) is 5.32 Å². The van der Waals surface area contributed by atoms with Crippen molar-refractivity contribution < 1.29 is 14.0 Å². The van der Waals surface area contributed by atoms with Crippen LogP contribution in [0.4, 0.5) is 11.4 Å². The normalized spacial score (nSPS) is 10.8. The highest BCUT2D eigenvalue weighted by molar-refractivity contribution is 7.80. The van der Waals surface area contributed by atoms with E-state index in [1.54, 1.807) is 78.9 Å². The quantitative estimate of drug-likeness (QED) is 0.164. The van der Waals surface area contributed by atoms with Gasteiger partial charge in [-0.25, -0.2) is 0 Å². The summed E-state index contributed by atoms with van der Waals surface area (Å²) in [7, 11) is 0. The number of benzene rings is 3. The molecule has 0 saturated carbocycles. The van der Waals surface area contributed by atoms with Gasteiger partial charge in [-0.05, 0) is 72.9 Å². The maximum absolute atomic E-state index is 12.5. The van der Waals surface area contributed by atoms with Crippen molar-refractivity contribution in [2.45, 2.75) is 0 Å². The Balaban J connectivity index is 1.33. The lowest BCUT2D eigenvalue weighted by Crippen LogP contribution is -2.32. The van der Waals surface area contributed by atoms with Crippen LogP contribution in [0.3, 0.4) is 0 Å². The number of furan rings is 1. The van der Waals surface area contributed by atoms with Crippen LogP contribution in [0.1, 0.15) is 16.1 Å². The fourth-order valence-corrected chi connectivity index (χ4v) is 4.11. The molecule has 0 fully saturated rings. The van der Waals surface area contributed by atoms with Gasteiger partial charge < -0.3 is 15.1 Å². The van der Waals surface area contributed by atoms with Gasteiger partial charge in [0.05, 0.1) is 20.6 Å². The highest BCUT2D eigenvalue weighted by atomic mass is 35.5. The number of anilines is 2. The first-order chi connectivity index (χ1) is 17.8. The molecule has 4 rings (SSSR count). The number of hydrogen-bond donors (Lipinski definition) is 3. The van der Waals surface area contributed by atoms with Gasteiger partial charge in [0.1, 0.15) is 11.5 Å². The minimum Gasteiger partial charge on any atom is -0.457 e. The molecule has 0 aliphatic rings. The molecule has 6 nitrogen and oxygen atoms in total. The molecule has 3 aromatic carbocycles. The number of rotatable bonds is 6. The van der Waals surface area contributed by atoms with Crippen molar-refractivity contribution in [3.8, 4) is 11.3 Å². The largest absolute Gasteiger partial charge is 0.457 e. The third kappa shape index (κ3) is 6.99. The molecule has 0 bridgehead atoms. The zero-order chi connectivity index (χ0) is 26.4. The molecule has 0 unspecified atom stereocenters. The van der Waals surface area contributed by atoms with E-state index in [9.17, 15) is 9.59 Å². The van der Waals surface area contributed by atoms with Crippen LogP contribution in [-0.2, 0) is 4.79 Å². The zero-order valence-electron chi connectivity index (χ0n) is 18.9. The van der Waals surface area contributed by atoms with Gasteiger partial charge in [0.25, 0.3) is 5.91 Å². The van der Waals surface area contributed by atoms with Crippen LogP contribution >= 0.6 is 47.0 Å². The second-order valence-corrected chi connectivity index (χ2v) is 9.20. The molecule has 186 valence electrons. The van der Waals surface area contributed by atoms with E-state index in [1.807, 2.05) is 0 Å². The number of carbonyl (C=O) groups is 2. The summed E-state index contributed by atoms with van der Waals surface area (Å²) in [4.78, 5) is 24.8. The van der Waals surface area contributed by atoms with Gasteiger partial charge in [0.2, 0.25) is 5.91 Å². The Morgan fingerprint density at radius 1 is 0.811 bits per heavy atom. The number of thiocarbonyl (C=S) groups is 1. The summed E-state index contributed by atoms with van der Waals surface area (Å²) in [6.07, 6.45) is 2.79. The van der Waals surface area contributed by atoms with Crippen LogP contribution in [0.2, 0.25) is 15.1 Å². The first-order valence-corrected chi connectivity index (χ1v) is 12.3. The van der Waals surface area contributed by atoms with Crippen LogP contribution in [-0.4, -0.2) is 16.9 Å². The topological polar surface area (TPSA) is 83.4 Å². The summed E-state index contributed by atoms with van der Waals surface area (Å²) in [6, 6.07) is 22.3. The van der Waals surface area contributed by atoms with E-state index < -0.39 is 5.91 Å². The minimum absolute atomic E-state index is 0.0788. The lowest BCUT2D eigenvalue weighted by molar-refractivity contribution is -0.115. The number of amides is 2. The van der Waals surface area contributed by atoms with Gasteiger partial charge in [0.15, 0.2) is 5.11 Å². The smallest absolute Gasteiger partial charge is 0.257 e. The average molecular weight is 571 g/mol. The summed E-state index contributed by atoms with van der Waals surface area (Å²) in [5, 5.41) is 9.48. The van der Waals surface area contributed by atoms with Crippen LogP contribution in [0.15, 0.2) is 89.4 Å². The summed E-state index contributed by atoms with van der Waals surface area (Å²) in [5.74, 6) is 0.162. The molecule has 0 aliphatic carbocycles. The van der Waals surface area contributed by atoms with Crippen LogP contribution in [0, 0.1) is 0 Å². The second kappa shape index (κ2) is 12.1. The van der Waals surface area contributed by atoms with E-state index in [-0.39, 0.29) is 11.0 Å². The molecule has 0 atom stereocenters. The van der Waals surface area contributed by atoms with Gasteiger partial charge >= 0.3 is 0 Å². The molecule has 10 heteroatoms. The number of halogens is 3. The van der Waals surface area contributed by atoms with Crippen molar-refractivity contribution in [2.24, 2.45) is 0 Å². The number of carbonyl (C=O) groups excluding carboxylic acids is 2. The van der Waals surface area contributed by atoms with Crippen molar-refractivity contribution in [3.63, 3.8) is 0 Å². The molecule has 4 aromatic rings. The van der Waals surface area contributed by atoms with E-state index in [1.165, 1.54) is 12.2 Å². The first kappa shape index (κ1) is 26.4. The third-order valence-electron chi connectivity index (χ3n) is 4.98. The van der Waals surface area contributed by atoms with Crippen molar-refractivity contribution in [2.75, 3.05) is 10.6 Å². The Morgan fingerprint density at radius 3 is 2.30 bits per heavy atom. The molecule has 0 spiro atoms. The summed E-state index contributed by atoms with van der Waals surface area (Å²) in [5.41, 5.74) is 2.10. The molecular weight excluding hydrogens is 553 g/mol. The van der Waals surface area contributed by atoms with Gasteiger partial charge in [-0.1, -0.05) is 59.1 Å². The lowest BCUT2D eigenvalue weighted by atomic mass is 10.2. The predicted octanol–water partition coefficient (Wildman–Crippen LogP) is 7.69. The van der Waals surface area contributed by atoms with Crippen molar-refractivity contribution >= 4 is 81.4 Å². The molecule has 0 saturated heterocycles. The van der Waals surface area contributed by atoms with Gasteiger partial charge in [-0.2, -0.15) is 0 Å². The van der Waals surface area contributed by atoms with Crippen molar-refractivity contribution in [1.29, 1.82) is 0 Å². The fraction of sp³-hybridized carbons (Fsp3) is 0. The van der Waals surface area contributed by atoms with Crippen LogP contribution < -0.4 is 16.0 Å². The molecular formula is C27H18Cl3N3O3S. The zero-order valence-corrected chi connectivity index (χ0v) is 22.0. The van der Waals surface area contributed by atoms with Crippen molar-refractivity contribution in [3.05, 3.63) is 111 Å². The minimum atomic E-state index is -0.459. The van der Waals surface area contributed by atoms with E-state index in [2.05, 4.69) is 16.0 Å². The Labute approximate surface area is 233 Å². The third-order valence-corrected chi connectivity index (χ3v) is 6.33. The lowest BCUT2D eigenvalue weighted by Gasteiger charge is -2.11. The Morgan fingerprint density at radius 2 is 1.51 bits per heavy atom. The average Bonchev–Trinajstić information content (AvgIpc) is 3.33. The highest BCUT2D eigenvalue weighted by Crippen LogP contribution is 2.34. The van der Waals surface area contributed by atoms with Gasteiger partial charge in [-0.15, -0.1) is 0 Å². The summed E-state index contributed by atoms with van der Waals surface area (Å²) >= 11 is 23.6. The number of hydrogen-bond acceptors (Lipinski definition) is 4. The molecule has 0 aliphatic heterocycles. The molecule has 37 heavy (non-hydrogen) atoms. The Hall–Kier alpha value is -3.62. The monoisotopic (exact) mass is 569 g/mol. The molecule has 1 aromatic heterocycles. The van der Waals surface area contributed by atoms with E-state index in [4.69, 9.17) is 51.4 Å². The van der Waals surface area contributed by atoms with E-state index in [0.29, 0.717) is 49.1 Å². The maximum atomic E-state index is 12.5. The summed E-state index contributed by atoms with van der Waals surface area (Å²) < 4.78 is 5.74. The first-order valence-electron chi connectivity index (χ1n) is 10.8. The standard InChI is InChI=1S/C27H18Cl3N3O3S/c28-21-9-2-1-7-19(21)26(35)31-16-5-3-6-17(15-16)32-27(37)33-24(34)14-12-18-11-13-23(36-18)20-8-4-10-22(29)25(20)30/h1-15H,(H,31,35)(H2,32,33,34,37). The van der Waals surface area contributed by atoms with Gasteiger partial charge in [0, 0.05) is 23.0 Å². The number of nitrogens with one attached hydrogen (secondary N) is 3. The Bertz CT molecular complexity index is 1520. The highest BCUT2D eigenvalue weighted by Gasteiger charge is 2.12. The van der Waals surface area contributed by atoms with Gasteiger partial charge in [-0.3, -0.25) is 14.9 Å². The van der Waals surface area contributed by atoms with E-state index >= 15 is 0 Å². The Kier molecular flexibility index (Phi) is 8.63. The SMILES string of the molecule is O=C(C=Cc1ccc(-c2cccc(Cl)c2Cl)o1)NC(=S)Nc1cccc(NC(=O)c2ccccc2Cl)c1. The molecule has 0 radical (unpaired) electrons.